The summed E-state index contributed by atoms with van der Waals surface area (Å²) < 4.78 is 0. The van der Waals surface area contributed by atoms with Gasteiger partial charge in [-0.1, -0.05) is 23.7 Å². The lowest BCUT2D eigenvalue weighted by Crippen LogP contribution is -2.34. The van der Waals surface area contributed by atoms with Crippen molar-refractivity contribution < 1.29 is 0 Å². The highest BCUT2D eigenvalue weighted by Gasteiger charge is 2.32. The zero-order valence-electron chi connectivity index (χ0n) is 11.6. The van der Waals surface area contributed by atoms with Crippen LogP contribution in [0.1, 0.15) is 23.6 Å². The Morgan fingerprint density at radius 1 is 1.30 bits per heavy atom. The second-order valence-electron chi connectivity index (χ2n) is 5.47. The van der Waals surface area contributed by atoms with Crippen LogP contribution in [-0.2, 0) is 6.54 Å². The molecule has 0 spiro atoms. The SMILES string of the molecule is CN1CC[C@H](NCc2cc[nH]c2)[C@H]1c1ccc(Cl)cc1. The molecule has 2 aromatic rings. The lowest BCUT2D eigenvalue weighted by Gasteiger charge is -2.26. The van der Waals surface area contributed by atoms with Gasteiger partial charge in [0.1, 0.15) is 0 Å². The highest BCUT2D eigenvalue weighted by atomic mass is 35.5. The molecule has 20 heavy (non-hydrogen) atoms. The van der Waals surface area contributed by atoms with Gasteiger partial charge in [-0.25, -0.2) is 0 Å². The van der Waals surface area contributed by atoms with Gasteiger partial charge >= 0.3 is 0 Å². The summed E-state index contributed by atoms with van der Waals surface area (Å²) in [5, 5.41) is 4.48. The maximum Gasteiger partial charge on any atom is 0.0499 e. The van der Waals surface area contributed by atoms with Crippen LogP contribution < -0.4 is 5.32 Å². The molecule has 0 unspecified atom stereocenters. The predicted octanol–water partition coefficient (Wildman–Crippen LogP) is 3.20. The number of hydrogen-bond donors (Lipinski definition) is 2. The normalized spacial score (nSPS) is 23.3. The first-order valence-corrected chi connectivity index (χ1v) is 7.42. The zero-order chi connectivity index (χ0) is 13.9. The number of benzene rings is 1. The quantitative estimate of drug-likeness (QED) is 0.906. The van der Waals surface area contributed by atoms with E-state index in [2.05, 4.69) is 40.4 Å². The Labute approximate surface area is 124 Å². The first-order valence-electron chi connectivity index (χ1n) is 7.05. The minimum Gasteiger partial charge on any atom is -0.367 e. The third-order valence-corrected chi connectivity index (χ3v) is 4.34. The zero-order valence-corrected chi connectivity index (χ0v) is 12.4. The fraction of sp³-hybridized carbons (Fsp3) is 0.375. The van der Waals surface area contributed by atoms with Gasteiger partial charge < -0.3 is 10.3 Å². The summed E-state index contributed by atoms with van der Waals surface area (Å²) in [6.07, 6.45) is 5.19. The van der Waals surface area contributed by atoms with E-state index in [1.165, 1.54) is 17.5 Å². The number of aromatic nitrogens is 1. The van der Waals surface area contributed by atoms with Crippen LogP contribution >= 0.6 is 11.6 Å². The van der Waals surface area contributed by atoms with Crippen molar-refractivity contribution in [3.05, 3.63) is 58.9 Å². The number of nitrogens with zero attached hydrogens (tertiary/aromatic N) is 1. The van der Waals surface area contributed by atoms with Gasteiger partial charge in [0.05, 0.1) is 0 Å². The van der Waals surface area contributed by atoms with Gasteiger partial charge in [0.15, 0.2) is 0 Å². The number of halogens is 1. The Balaban J connectivity index is 1.71. The van der Waals surface area contributed by atoms with E-state index in [-0.39, 0.29) is 0 Å². The van der Waals surface area contributed by atoms with Crippen LogP contribution in [0.2, 0.25) is 5.02 Å². The van der Waals surface area contributed by atoms with Crippen molar-refractivity contribution in [1.82, 2.24) is 15.2 Å². The molecule has 0 aliphatic carbocycles. The topological polar surface area (TPSA) is 31.1 Å². The molecule has 0 radical (unpaired) electrons. The van der Waals surface area contributed by atoms with Gasteiger partial charge in [0.2, 0.25) is 0 Å². The van der Waals surface area contributed by atoms with Crippen LogP contribution in [0, 0.1) is 0 Å². The lowest BCUT2D eigenvalue weighted by molar-refractivity contribution is 0.286. The molecule has 3 nitrogen and oxygen atoms in total. The average molecular weight is 290 g/mol. The minimum absolute atomic E-state index is 0.422. The summed E-state index contributed by atoms with van der Waals surface area (Å²) in [6.45, 7) is 2.03. The van der Waals surface area contributed by atoms with E-state index in [1.807, 2.05) is 24.5 Å². The van der Waals surface area contributed by atoms with E-state index in [0.717, 1.165) is 18.1 Å². The van der Waals surface area contributed by atoms with Gasteiger partial charge in [-0.2, -0.15) is 0 Å². The third kappa shape index (κ3) is 2.90. The summed E-state index contributed by atoms with van der Waals surface area (Å²) in [5.74, 6) is 0. The predicted molar refractivity (Wildman–Crippen MR) is 82.9 cm³/mol. The van der Waals surface area contributed by atoms with E-state index >= 15 is 0 Å². The number of rotatable bonds is 4. The summed E-state index contributed by atoms with van der Waals surface area (Å²) in [5.41, 5.74) is 2.63. The molecule has 1 aliphatic heterocycles. The smallest absolute Gasteiger partial charge is 0.0499 e. The monoisotopic (exact) mass is 289 g/mol. The van der Waals surface area contributed by atoms with E-state index in [4.69, 9.17) is 11.6 Å². The van der Waals surface area contributed by atoms with Crippen LogP contribution in [0.4, 0.5) is 0 Å². The van der Waals surface area contributed by atoms with Crippen molar-refractivity contribution >= 4 is 11.6 Å². The second kappa shape index (κ2) is 6.00. The van der Waals surface area contributed by atoms with Crippen molar-refractivity contribution in [3.8, 4) is 0 Å². The van der Waals surface area contributed by atoms with Gasteiger partial charge in [0, 0.05) is 42.6 Å². The maximum absolute atomic E-state index is 5.99. The highest BCUT2D eigenvalue weighted by molar-refractivity contribution is 6.30. The molecule has 0 bridgehead atoms. The summed E-state index contributed by atoms with van der Waals surface area (Å²) in [7, 11) is 2.19. The van der Waals surface area contributed by atoms with Gasteiger partial charge in [0.25, 0.3) is 0 Å². The molecule has 0 amide bonds. The van der Waals surface area contributed by atoms with Crippen molar-refractivity contribution in [1.29, 1.82) is 0 Å². The number of hydrogen-bond acceptors (Lipinski definition) is 2. The molecule has 2 heterocycles. The second-order valence-corrected chi connectivity index (χ2v) is 5.91. The molecule has 1 aromatic carbocycles. The van der Waals surface area contributed by atoms with Crippen molar-refractivity contribution in [2.75, 3.05) is 13.6 Å². The van der Waals surface area contributed by atoms with E-state index in [9.17, 15) is 0 Å². The van der Waals surface area contributed by atoms with E-state index in [1.54, 1.807) is 0 Å². The Morgan fingerprint density at radius 3 is 2.80 bits per heavy atom. The van der Waals surface area contributed by atoms with Gasteiger partial charge in [-0.05, 0) is 42.8 Å². The Bertz CT molecular complexity index is 535. The molecule has 3 rings (SSSR count). The van der Waals surface area contributed by atoms with E-state index < -0.39 is 0 Å². The summed E-state index contributed by atoms with van der Waals surface area (Å²) in [4.78, 5) is 5.51. The largest absolute Gasteiger partial charge is 0.367 e. The molecule has 1 aromatic heterocycles. The van der Waals surface area contributed by atoms with Crippen LogP contribution in [0.25, 0.3) is 0 Å². The Hall–Kier alpha value is -1.29. The highest BCUT2D eigenvalue weighted by Crippen LogP contribution is 2.31. The molecule has 106 valence electrons. The van der Waals surface area contributed by atoms with Crippen molar-refractivity contribution in [2.45, 2.75) is 25.0 Å². The van der Waals surface area contributed by atoms with Crippen molar-refractivity contribution in [2.24, 2.45) is 0 Å². The van der Waals surface area contributed by atoms with Crippen LogP contribution in [0.3, 0.4) is 0 Å². The molecule has 1 aliphatic rings. The first kappa shape index (κ1) is 13.7. The van der Waals surface area contributed by atoms with Crippen LogP contribution in [0.15, 0.2) is 42.7 Å². The fourth-order valence-corrected chi connectivity index (χ4v) is 3.15. The summed E-state index contributed by atoms with van der Waals surface area (Å²) in [6, 6.07) is 11.3. The van der Waals surface area contributed by atoms with Crippen LogP contribution in [-0.4, -0.2) is 29.5 Å². The van der Waals surface area contributed by atoms with Gasteiger partial charge in [-0.3, -0.25) is 4.90 Å². The van der Waals surface area contributed by atoms with E-state index in [0.29, 0.717) is 12.1 Å². The molecule has 2 N–H and O–H groups in total. The minimum atomic E-state index is 0.422. The maximum atomic E-state index is 5.99. The summed E-state index contributed by atoms with van der Waals surface area (Å²) >= 11 is 5.99. The van der Waals surface area contributed by atoms with Gasteiger partial charge in [-0.15, -0.1) is 0 Å². The fourth-order valence-electron chi connectivity index (χ4n) is 3.02. The molecule has 2 atom stereocenters. The average Bonchev–Trinajstić information content (AvgIpc) is 3.07. The third-order valence-electron chi connectivity index (χ3n) is 4.09. The Morgan fingerprint density at radius 2 is 2.10 bits per heavy atom. The molecule has 1 fully saturated rings. The first-order chi connectivity index (χ1) is 9.74. The molecule has 0 saturated carbocycles. The molecular weight excluding hydrogens is 270 g/mol. The molecular formula is C16H20ClN3. The number of nitrogens with one attached hydrogen (secondary N) is 2. The number of likely N-dealkylation sites (tertiary alicyclic amines) is 1. The van der Waals surface area contributed by atoms with Crippen molar-refractivity contribution in [3.63, 3.8) is 0 Å². The number of H-pyrrole nitrogens is 1. The number of aromatic amines is 1. The lowest BCUT2D eigenvalue weighted by atomic mass is 10.00. The standard InChI is InChI=1S/C16H20ClN3/c1-20-9-7-15(19-11-12-6-8-18-10-12)16(20)13-2-4-14(17)5-3-13/h2-6,8,10,15-16,18-19H,7,9,11H2,1H3/t15-,16+/m0/s1. The number of likely N-dealkylation sites (N-methyl/N-ethyl adjacent to an activating group) is 1. The van der Waals surface area contributed by atoms with Crippen LogP contribution in [0.5, 0.6) is 0 Å². The molecule has 4 heteroatoms. The Kier molecular flexibility index (Phi) is 4.10. The molecule has 1 saturated heterocycles.